The lowest BCUT2D eigenvalue weighted by atomic mass is 9.98. The van der Waals surface area contributed by atoms with Crippen LogP contribution >= 0.6 is 11.6 Å². The molecule has 3 N–H and O–H groups in total. The Labute approximate surface area is 130 Å². The summed E-state index contributed by atoms with van der Waals surface area (Å²) in [5, 5.41) is 3.23. The molecule has 0 radical (unpaired) electrons. The van der Waals surface area contributed by atoms with Crippen LogP contribution in [0.5, 0.6) is 0 Å². The molecule has 21 heavy (non-hydrogen) atoms. The molecule has 0 aliphatic rings. The van der Waals surface area contributed by atoms with Crippen LogP contribution in [0.25, 0.3) is 0 Å². The summed E-state index contributed by atoms with van der Waals surface area (Å²) in [4.78, 5) is 12.1. The zero-order valence-electron chi connectivity index (χ0n) is 12.2. The van der Waals surface area contributed by atoms with Crippen LogP contribution in [-0.2, 0) is 0 Å². The van der Waals surface area contributed by atoms with Gasteiger partial charge in [0.05, 0.1) is 10.7 Å². The quantitative estimate of drug-likeness (QED) is 0.805. The van der Waals surface area contributed by atoms with Crippen molar-refractivity contribution in [2.24, 2.45) is 0 Å². The second-order valence-electron chi connectivity index (χ2n) is 5.12. The van der Waals surface area contributed by atoms with Gasteiger partial charge in [0, 0.05) is 11.3 Å². The second kappa shape index (κ2) is 6.64. The molecule has 0 saturated carbocycles. The van der Waals surface area contributed by atoms with E-state index in [1.54, 1.807) is 18.2 Å². The van der Waals surface area contributed by atoms with E-state index in [2.05, 4.69) is 19.2 Å². The average molecular weight is 303 g/mol. The molecule has 1 unspecified atom stereocenters. The monoisotopic (exact) mass is 302 g/mol. The summed E-state index contributed by atoms with van der Waals surface area (Å²) in [6, 6.07) is 12.8. The van der Waals surface area contributed by atoms with Crippen LogP contribution < -0.4 is 11.1 Å². The van der Waals surface area contributed by atoms with Gasteiger partial charge in [-0.15, -0.1) is 0 Å². The van der Waals surface area contributed by atoms with Gasteiger partial charge in [-0.05, 0) is 48.2 Å². The molecule has 0 spiro atoms. The predicted molar refractivity (Wildman–Crippen MR) is 89.0 cm³/mol. The maximum atomic E-state index is 12.1. The maximum Gasteiger partial charge on any atom is 0.255 e. The molecule has 110 valence electrons. The number of nitrogens with two attached hydrogens (primary N) is 1. The van der Waals surface area contributed by atoms with Crippen LogP contribution in [0.3, 0.4) is 0 Å². The predicted octanol–water partition coefficient (Wildman–Crippen LogP) is 4.69. The number of nitrogen functional groups attached to an aromatic ring is 1. The van der Waals surface area contributed by atoms with Crippen molar-refractivity contribution in [1.82, 2.24) is 0 Å². The minimum atomic E-state index is -0.201. The molecule has 0 saturated heterocycles. The number of hydrogen-bond acceptors (Lipinski definition) is 2. The zero-order valence-corrected chi connectivity index (χ0v) is 12.9. The molecule has 2 rings (SSSR count). The van der Waals surface area contributed by atoms with E-state index in [0.29, 0.717) is 22.2 Å². The Morgan fingerprint density at radius 2 is 1.90 bits per heavy atom. The highest BCUT2D eigenvalue weighted by Gasteiger charge is 2.09. The van der Waals surface area contributed by atoms with Crippen LogP contribution in [0.1, 0.15) is 42.1 Å². The van der Waals surface area contributed by atoms with Gasteiger partial charge in [0.1, 0.15) is 0 Å². The number of carbonyl (C=O) groups excluding carboxylic acids is 1. The Hall–Kier alpha value is -2.00. The van der Waals surface area contributed by atoms with Crippen molar-refractivity contribution in [2.75, 3.05) is 11.1 Å². The molecule has 4 heteroatoms. The Balaban J connectivity index is 2.10. The van der Waals surface area contributed by atoms with E-state index in [1.807, 2.05) is 24.3 Å². The smallest absolute Gasteiger partial charge is 0.255 e. The van der Waals surface area contributed by atoms with Gasteiger partial charge in [-0.3, -0.25) is 4.79 Å². The van der Waals surface area contributed by atoms with Gasteiger partial charge >= 0.3 is 0 Å². The molecule has 0 aliphatic heterocycles. The summed E-state index contributed by atoms with van der Waals surface area (Å²) < 4.78 is 0. The number of rotatable bonds is 4. The Morgan fingerprint density at radius 1 is 1.24 bits per heavy atom. The van der Waals surface area contributed by atoms with Crippen molar-refractivity contribution >= 4 is 28.9 Å². The number of halogens is 1. The summed E-state index contributed by atoms with van der Waals surface area (Å²) >= 11 is 5.93. The van der Waals surface area contributed by atoms with E-state index < -0.39 is 0 Å². The molecule has 0 bridgehead atoms. The molecular formula is C17H19ClN2O. The minimum absolute atomic E-state index is 0.201. The van der Waals surface area contributed by atoms with E-state index in [4.69, 9.17) is 17.3 Å². The van der Waals surface area contributed by atoms with E-state index in [1.165, 1.54) is 5.56 Å². The summed E-state index contributed by atoms with van der Waals surface area (Å²) in [5.41, 5.74) is 8.62. The van der Waals surface area contributed by atoms with E-state index in [-0.39, 0.29) is 5.91 Å². The van der Waals surface area contributed by atoms with Crippen molar-refractivity contribution in [3.63, 3.8) is 0 Å². The fourth-order valence-corrected chi connectivity index (χ4v) is 2.18. The standard InChI is InChI=1S/C17H19ClN2O/c1-3-11(2)12-4-7-14(8-5-12)20-17(21)13-6-9-16(19)15(18)10-13/h4-11H,3,19H2,1-2H3,(H,20,21). The van der Waals surface area contributed by atoms with Gasteiger partial charge in [-0.2, -0.15) is 0 Å². The number of nitrogens with one attached hydrogen (secondary N) is 1. The van der Waals surface area contributed by atoms with Crippen LogP contribution in [0.2, 0.25) is 5.02 Å². The third-order valence-corrected chi connectivity index (χ3v) is 3.94. The van der Waals surface area contributed by atoms with Crippen LogP contribution in [0, 0.1) is 0 Å². The van der Waals surface area contributed by atoms with E-state index in [9.17, 15) is 4.79 Å². The first kappa shape index (κ1) is 15.4. The maximum absolute atomic E-state index is 12.1. The number of anilines is 2. The molecule has 0 aliphatic carbocycles. The van der Waals surface area contributed by atoms with Gasteiger partial charge in [0.25, 0.3) is 5.91 Å². The van der Waals surface area contributed by atoms with E-state index >= 15 is 0 Å². The molecule has 1 atom stereocenters. The van der Waals surface area contributed by atoms with Crippen LogP contribution in [0.15, 0.2) is 42.5 Å². The van der Waals surface area contributed by atoms with Crippen molar-refractivity contribution < 1.29 is 4.79 Å². The molecule has 0 fully saturated rings. The molecular weight excluding hydrogens is 284 g/mol. The van der Waals surface area contributed by atoms with Gasteiger partial charge in [0.15, 0.2) is 0 Å². The third kappa shape index (κ3) is 3.76. The van der Waals surface area contributed by atoms with Crippen LogP contribution in [-0.4, -0.2) is 5.91 Å². The topological polar surface area (TPSA) is 55.1 Å². The Morgan fingerprint density at radius 3 is 2.48 bits per heavy atom. The molecule has 2 aromatic rings. The fourth-order valence-electron chi connectivity index (χ4n) is 2.00. The number of amides is 1. The van der Waals surface area contributed by atoms with Gasteiger partial charge < -0.3 is 11.1 Å². The third-order valence-electron chi connectivity index (χ3n) is 3.61. The molecule has 1 amide bonds. The highest BCUT2D eigenvalue weighted by atomic mass is 35.5. The SMILES string of the molecule is CCC(C)c1ccc(NC(=O)c2ccc(N)c(Cl)c2)cc1. The van der Waals surface area contributed by atoms with Gasteiger partial charge in [-0.25, -0.2) is 0 Å². The number of hydrogen-bond donors (Lipinski definition) is 2. The van der Waals surface area contributed by atoms with Gasteiger partial charge in [0.2, 0.25) is 0 Å². The van der Waals surface area contributed by atoms with Gasteiger partial charge in [-0.1, -0.05) is 37.6 Å². The highest BCUT2D eigenvalue weighted by molar-refractivity contribution is 6.33. The van der Waals surface area contributed by atoms with E-state index in [0.717, 1.165) is 12.1 Å². The Kier molecular flexibility index (Phi) is 4.86. The lowest BCUT2D eigenvalue weighted by Crippen LogP contribution is -2.12. The molecule has 3 nitrogen and oxygen atoms in total. The lowest BCUT2D eigenvalue weighted by Gasteiger charge is -2.11. The lowest BCUT2D eigenvalue weighted by molar-refractivity contribution is 0.102. The Bertz CT molecular complexity index is 638. The first-order valence-electron chi connectivity index (χ1n) is 6.97. The zero-order chi connectivity index (χ0) is 15.4. The molecule has 0 aromatic heterocycles. The van der Waals surface area contributed by atoms with Crippen molar-refractivity contribution in [3.8, 4) is 0 Å². The summed E-state index contributed by atoms with van der Waals surface area (Å²) in [6.45, 7) is 4.34. The number of benzene rings is 2. The van der Waals surface area contributed by atoms with Crippen LogP contribution in [0.4, 0.5) is 11.4 Å². The summed E-state index contributed by atoms with van der Waals surface area (Å²) in [7, 11) is 0. The van der Waals surface area contributed by atoms with Crippen molar-refractivity contribution in [3.05, 3.63) is 58.6 Å². The molecule has 0 heterocycles. The number of carbonyl (C=O) groups is 1. The summed E-state index contributed by atoms with van der Waals surface area (Å²) in [5.74, 6) is 0.318. The first-order valence-corrected chi connectivity index (χ1v) is 7.35. The molecule has 2 aromatic carbocycles. The minimum Gasteiger partial charge on any atom is -0.398 e. The van der Waals surface area contributed by atoms with Crippen molar-refractivity contribution in [2.45, 2.75) is 26.2 Å². The summed E-state index contributed by atoms with van der Waals surface area (Å²) in [6.07, 6.45) is 1.09. The average Bonchev–Trinajstić information content (AvgIpc) is 2.50. The normalized spacial score (nSPS) is 12.0. The second-order valence-corrected chi connectivity index (χ2v) is 5.53. The largest absolute Gasteiger partial charge is 0.398 e. The first-order chi connectivity index (χ1) is 10.0. The highest BCUT2D eigenvalue weighted by Crippen LogP contribution is 2.22. The van der Waals surface area contributed by atoms with Crippen molar-refractivity contribution in [1.29, 1.82) is 0 Å². The fraction of sp³-hybridized carbons (Fsp3) is 0.235.